The lowest BCUT2D eigenvalue weighted by atomic mass is 10.0. The lowest BCUT2D eigenvalue weighted by Gasteiger charge is -2.35. The summed E-state index contributed by atoms with van der Waals surface area (Å²) in [6.07, 6.45) is 5.86. The van der Waals surface area contributed by atoms with Gasteiger partial charge in [0.1, 0.15) is 4.90 Å². The second-order valence-corrected chi connectivity index (χ2v) is 12.6. The number of nitrogens with zero attached hydrogens (tertiary/aromatic N) is 3. The molecule has 3 rings (SSSR count). The molecule has 0 atom stereocenters. The van der Waals surface area contributed by atoms with Gasteiger partial charge in [0.25, 0.3) is 5.91 Å². The molecule has 0 bridgehead atoms. The van der Waals surface area contributed by atoms with Gasteiger partial charge in [0.15, 0.2) is 0 Å². The van der Waals surface area contributed by atoms with E-state index in [0.29, 0.717) is 39.0 Å². The Labute approximate surface area is 190 Å². The summed E-state index contributed by atoms with van der Waals surface area (Å²) in [5.74, 6) is -0.274. The zero-order valence-corrected chi connectivity index (χ0v) is 20.3. The Morgan fingerprint density at radius 3 is 2.13 bits per heavy atom. The van der Waals surface area contributed by atoms with E-state index in [1.807, 2.05) is 0 Å². The van der Waals surface area contributed by atoms with Gasteiger partial charge in [0, 0.05) is 44.8 Å². The Kier molecular flexibility index (Phi) is 7.68. The lowest BCUT2D eigenvalue weighted by molar-refractivity contribution is 0.0686. The van der Waals surface area contributed by atoms with E-state index in [1.54, 1.807) is 18.0 Å². The van der Waals surface area contributed by atoms with Crippen molar-refractivity contribution in [2.24, 2.45) is 0 Å². The molecule has 2 fully saturated rings. The molecule has 0 unspecified atom stereocenters. The van der Waals surface area contributed by atoms with Gasteiger partial charge in [-0.05, 0) is 43.9 Å². The largest absolute Gasteiger partial charge is 0.339 e. The third-order valence-corrected chi connectivity index (χ3v) is 9.87. The minimum Gasteiger partial charge on any atom is -0.339 e. The molecule has 2 heterocycles. The monoisotopic (exact) mass is 491 g/mol. The number of amides is 1. The summed E-state index contributed by atoms with van der Waals surface area (Å²) in [7, 11) is -5.52. The molecule has 1 aromatic rings. The summed E-state index contributed by atoms with van der Waals surface area (Å²) < 4.78 is 52.7. The van der Waals surface area contributed by atoms with Gasteiger partial charge < -0.3 is 4.90 Å². The summed E-state index contributed by atoms with van der Waals surface area (Å²) in [6, 6.07) is 4.23. The predicted molar refractivity (Wildman–Crippen MR) is 120 cm³/mol. The highest BCUT2D eigenvalue weighted by Gasteiger charge is 2.31. The molecule has 0 spiro atoms. The highest BCUT2D eigenvalue weighted by molar-refractivity contribution is 7.89. The molecular weight excluding hydrogens is 462 g/mol. The number of likely N-dealkylation sites (tertiary alicyclic amines) is 1. The molecule has 1 aromatic carbocycles. The molecular formula is C20H30ClN3O5S2. The van der Waals surface area contributed by atoms with Crippen molar-refractivity contribution in [3.63, 3.8) is 0 Å². The van der Waals surface area contributed by atoms with Crippen molar-refractivity contribution in [3.8, 4) is 0 Å². The summed E-state index contributed by atoms with van der Waals surface area (Å²) in [6.45, 7) is 1.72. The van der Waals surface area contributed by atoms with Crippen molar-refractivity contribution in [2.75, 3.05) is 39.5 Å². The van der Waals surface area contributed by atoms with E-state index in [-0.39, 0.29) is 27.4 Å². The lowest BCUT2D eigenvalue weighted by Crippen LogP contribution is -2.47. The predicted octanol–water partition coefficient (Wildman–Crippen LogP) is 2.40. The molecule has 1 amide bonds. The van der Waals surface area contributed by atoms with Crippen LogP contribution in [0.2, 0.25) is 5.02 Å². The van der Waals surface area contributed by atoms with Crippen molar-refractivity contribution in [1.29, 1.82) is 0 Å². The molecule has 0 saturated carbocycles. The number of sulfonamides is 2. The van der Waals surface area contributed by atoms with Gasteiger partial charge >= 0.3 is 0 Å². The quantitative estimate of drug-likeness (QED) is 0.630. The number of benzene rings is 1. The third kappa shape index (κ3) is 5.60. The average Bonchev–Trinajstić information content (AvgIpc) is 3.02. The fourth-order valence-corrected chi connectivity index (χ4v) is 6.91. The average molecular weight is 492 g/mol. The number of halogens is 1. The molecule has 0 N–H and O–H groups in total. The smallest absolute Gasteiger partial charge is 0.253 e. The zero-order valence-electron chi connectivity index (χ0n) is 18.0. The van der Waals surface area contributed by atoms with Crippen molar-refractivity contribution < 1.29 is 21.6 Å². The highest BCUT2D eigenvalue weighted by Crippen LogP contribution is 2.29. The fourth-order valence-electron chi connectivity index (χ4n) is 4.14. The van der Waals surface area contributed by atoms with Crippen molar-refractivity contribution in [2.45, 2.75) is 49.5 Å². The second kappa shape index (κ2) is 9.74. The van der Waals surface area contributed by atoms with Gasteiger partial charge in [-0.1, -0.05) is 24.4 Å². The maximum Gasteiger partial charge on any atom is 0.253 e. The third-order valence-electron chi connectivity index (χ3n) is 6.15. The number of hydrogen-bond acceptors (Lipinski definition) is 5. The summed E-state index contributed by atoms with van der Waals surface area (Å²) >= 11 is 6.23. The molecule has 11 heteroatoms. The van der Waals surface area contributed by atoms with E-state index >= 15 is 0 Å². The van der Waals surface area contributed by atoms with Gasteiger partial charge in [-0.3, -0.25) is 4.79 Å². The molecule has 31 heavy (non-hydrogen) atoms. The number of carbonyl (C=O) groups excluding carboxylic acids is 1. The molecule has 0 aliphatic carbocycles. The van der Waals surface area contributed by atoms with Crippen LogP contribution in [0.25, 0.3) is 0 Å². The first-order chi connectivity index (χ1) is 14.5. The van der Waals surface area contributed by atoms with Crippen molar-refractivity contribution in [1.82, 2.24) is 13.5 Å². The van der Waals surface area contributed by atoms with Crippen LogP contribution in [0.3, 0.4) is 0 Å². The maximum atomic E-state index is 13.2. The van der Waals surface area contributed by atoms with Crippen LogP contribution in [0, 0.1) is 0 Å². The first-order valence-corrected chi connectivity index (χ1v) is 14.2. The van der Waals surface area contributed by atoms with Crippen LogP contribution in [0.4, 0.5) is 0 Å². The Balaban J connectivity index is 1.76. The van der Waals surface area contributed by atoms with Crippen molar-refractivity contribution >= 4 is 37.6 Å². The number of piperidine rings is 1. The maximum absolute atomic E-state index is 13.2. The van der Waals surface area contributed by atoms with Crippen LogP contribution in [0.5, 0.6) is 0 Å². The Bertz CT molecular complexity index is 1010. The zero-order chi connectivity index (χ0) is 22.8. The number of carbonyl (C=O) groups is 1. The molecule has 2 aliphatic rings. The van der Waals surface area contributed by atoms with E-state index in [4.69, 9.17) is 11.6 Å². The number of hydrogen-bond donors (Lipinski definition) is 0. The second-order valence-electron chi connectivity index (χ2n) is 8.27. The van der Waals surface area contributed by atoms with Gasteiger partial charge in [0.05, 0.1) is 11.3 Å². The van der Waals surface area contributed by atoms with Crippen LogP contribution >= 0.6 is 11.6 Å². The summed E-state index contributed by atoms with van der Waals surface area (Å²) in [5, 5.41) is 0.106. The van der Waals surface area contributed by atoms with E-state index in [0.717, 1.165) is 25.7 Å². The van der Waals surface area contributed by atoms with Crippen LogP contribution in [-0.4, -0.2) is 81.8 Å². The van der Waals surface area contributed by atoms with E-state index in [9.17, 15) is 21.6 Å². The molecule has 2 saturated heterocycles. The van der Waals surface area contributed by atoms with E-state index in [2.05, 4.69) is 0 Å². The van der Waals surface area contributed by atoms with Gasteiger partial charge in [-0.15, -0.1) is 0 Å². The summed E-state index contributed by atoms with van der Waals surface area (Å²) in [4.78, 5) is 14.6. The van der Waals surface area contributed by atoms with Gasteiger partial charge in [-0.2, -0.15) is 4.31 Å². The summed E-state index contributed by atoms with van der Waals surface area (Å²) in [5.41, 5.74) is 0.271. The molecule has 2 aliphatic heterocycles. The van der Waals surface area contributed by atoms with E-state index in [1.165, 1.54) is 27.0 Å². The highest BCUT2D eigenvalue weighted by atomic mass is 35.5. The minimum atomic E-state index is -3.78. The normalized spacial score (nSPS) is 20.1. The van der Waals surface area contributed by atoms with Gasteiger partial charge in [0.2, 0.25) is 20.0 Å². The van der Waals surface area contributed by atoms with Crippen LogP contribution in [0.1, 0.15) is 48.9 Å². The molecule has 8 nitrogen and oxygen atoms in total. The van der Waals surface area contributed by atoms with Crippen LogP contribution in [0.15, 0.2) is 23.1 Å². The molecule has 0 radical (unpaired) electrons. The fraction of sp³-hybridized carbons (Fsp3) is 0.650. The Morgan fingerprint density at radius 2 is 1.58 bits per heavy atom. The molecule has 174 valence electrons. The van der Waals surface area contributed by atoms with Gasteiger partial charge in [-0.25, -0.2) is 21.1 Å². The standard InChI is InChI=1S/C20H30ClN3O5S2/c1-22(30(2,26)27)17-9-13-23(14-10-17)20(25)16-7-8-18(21)19(15-16)31(28,29)24-11-5-3-4-6-12-24/h7-8,15,17H,3-6,9-14H2,1-2H3. The topological polar surface area (TPSA) is 95.1 Å². The molecule has 0 aromatic heterocycles. The first kappa shape index (κ1) is 24.4. The van der Waals surface area contributed by atoms with Crippen LogP contribution < -0.4 is 0 Å². The Hall–Kier alpha value is -1.20. The van der Waals surface area contributed by atoms with Crippen molar-refractivity contribution in [3.05, 3.63) is 28.8 Å². The Morgan fingerprint density at radius 1 is 1.00 bits per heavy atom. The van der Waals surface area contributed by atoms with Crippen LogP contribution in [-0.2, 0) is 20.0 Å². The minimum absolute atomic E-state index is 0.0337. The first-order valence-electron chi connectivity index (χ1n) is 10.5. The number of rotatable bonds is 5. The van der Waals surface area contributed by atoms with E-state index < -0.39 is 20.0 Å². The SMILES string of the molecule is CN(C1CCN(C(=O)c2ccc(Cl)c(S(=O)(=O)N3CCCCCC3)c2)CC1)S(C)(=O)=O.